The van der Waals surface area contributed by atoms with Gasteiger partial charge in [0.1, 0.15) is 18.9 Å². The largest absolute Gasteiger partial charge is 0.391 e. The number of likely N-dealkylation sites (tertiary alicyclic amines) is 1. The Morgan fingerprint density at radius 1 is 1.28 bits per heavy atom. The zero-order valence-electron chi connectivity index (χ0n) is 20.1. The molecule has 2 fully saturated rings. The standard InChI is InChI=1S/C22H37N5O3.CH2O/c1-6-8-15(7-2)23-20(29)18-11-16(28)12-26(18)21(30)19(22(3,4)5)27-13-17(24-25-27)14-9-10-14;1-2/h13-16,18-19,28H,6-12H2,1-5H3,(H,23,29);1H2. The molecule has 180 valence electrons. The summed E-state index contributed by atoms with van der Waals surface area (Å²) >= 11 is 0. The third-order valence-electron chi connectivity index (χ3n) is 6.18. The molecule has 2 heterocycles. The molecule has 1 aromatic heterocycles. The molecule has 1 aliphatic carbocycles. The third-order valence-corrected chi connectivity index (χ3v) is 6.18. The molecular weight excluding hydrogens is 410 g/mol. The van der Waals surface area contributed by atoms with E-state index in [0.29, 0.717) is 5.92 Å². The van der Waals surface area contributed by atoms with Crippen LogP contribution in [0.3, 0.4) is 0 Å². The number of amides is 2. The Kier molecular flexibility index (Phi) is 8.95. The molecule has 1 aliphatic heterocycles. The predicted molar refractivity (Wildman–Crippen MR) is 121 cm³/mol. The second kappa shape index (κ2) is 11.0. The van der Waals surface area contributed by atoms with Gasteiger partial charge in [0, 0.05) is 31.1 Å². The summed E-state index contributed by atoms with van der Waals surface area (Å²) in [6.07, 6.45) is 6.40. The quantitative estimate of drug-likeness (QED) is 0.628. The molecule has 1 saturated carbocycles. The van der Waals surface area contributed by atoms with E-state index in [-0.39, 0.29) is 30.8 Å². The summed E-state index contributed by atoms with van der Waals surface area (Å²) in [5.74, 6) is 0.0891. The van der Waals surface area contributed by atoms with Crippen LogP contribution in [-0.2, 0) is 14.4 Å². The highest BCUT2D eigenvalue weighted by Gasteiger charge is 2.45. The maximum atomic E-state index is 13.7. The fourth-order valence-electron chi connectivity index (χ4n) is 4.35. The lowest BCUT2D eigenvalue weighted by Gasteiger charge is -2.35. The van der Waals surface area contributed by atoms with Gasteiger partial charge in [-0.3, -0.25) is 9.59 Å². The van der Waals surface area contributed by atoms with Crippen LogP contribution in [0.4, 0.5) is 0 Å². The summed E-state index contributed by atoms with van der Waals surface area (Å²) < 4.78 is 1.65. The van der Waals surface area contributed by atoms with Gasteiger partial charge in [0.2, 0.25) is 11.8 Å². The Balaban J connectivity index is 0.00000176. The third kappa shape index (κ3) is 6.15. The number of hydrogen-bond acceptors (Lipinski definition) is 6. The van der Waals surface area contributed by atoms with E-state index in [1.54, 1.807) is 9.58 Å². The number of nitrogens with zero attached hydrogens (tertiary/aromatic N) is 4. The van der Waals surface area contributed by atoms with Crippen LogP contribution in [0.25, 0.3) is 0 Å². The first-order valence-corrected chi connectivity index (χ1v) is 11.6. The normalized spacial score (nSPS) is 22.6. The Morgan fingerprint density at radius 3 is 2.47 bits per heavy atom. The highest BCUT2D eigenvalue weighted by atomic mass is 16.3. The summed E-state index contributed by atoms with van der Waals surface area (Å²) in [5.41, 5.74) is 0.507. The van der Waals surface area contributed by atoms with Gasteiger partial charge in [-0.15, -0.1) is 5.10 Å². The van der Waals surface area contributed by atoms with Crippen molar-refractivity contribution < 1.29 is 19.5 Å². The molecule has 2 amide bonds. The Labute approximate surface area is 190 Å². The molecule has 1 saturated heterocycles. The summed E-state index contributed by atoms with van der Waals surface area (Å²) in [6.45, 7) is 12.3. The van der Waals surface area contributed by atoms with Crippen LogP contribution in [0.15, 0.2) is 6.20 Å². The fourth-order valence-corrected chi connectivity index (χ4v) is 4.35. The lowest BCUT2D eigenvalue weighted by atomic mass is 9.85. The maximum absolute atomic E-state index is 13.7. The van der Waals surface area contributed by atoms with Crippen LogP contribution >= 0.6 is 0 Å². The van der Waals surface area contributed by atoms with E-state index < -0.39 is 23.6 Å². The van der Waals surface area contributed by atoms with Crippen LogP contribution < -0.4 is 5.32 Å². The van der Waals surface area contributed by atoms with Crippen molar-refractivity contribution in [2.24, 2.45) is 5.41 Å². The van der Waals surface area contributed by atoms with E-state index in [1.165, 1.54) is 0 Å². The molecule has 0 aromatic carbocycles. The number of rotatable bonds is 8. The van der Waals surface area contributed by atoms with E-state index in [2.05, 4.69) is 22.6 Å². The first-order chi connectivity index (χ1) is 15.2. The Bertz CT molecular complexity index is 771. The Hall–Kier alpha value is -2.29. The monoisotopic (exact) mass is 449 g/mol. The van der Waals surface area contributed by atoms with Crippen molar-refractivity contribution in [2.45, 2.75) is 103 Å². The molecule has 9 nitrogen and oxygen atoms in total. The molecule has 0 radical (unpaired) electrons. The van der Waals surface area contributed by atoms with Gasteiger partial charge in [-0.25, -0.2) is 4.68 Å². The maximum Gasteiger partial charge on any atom is 0.248 e. The van der Waals surface area contributed by atoms with Gasteiger partial charge < -0.3 is 20.1 Å². The molecule has 2 aliphatic rings. The number of carbonyl (C=O) groups excluding carboxylic acids is 3. The number of carbonyl (C=O) groups is 3. The molecule has 0 bridgehead atoms. The second-order valence-corrected chi connectivity index (χ2v) is 9.96. The van der Waals surface area contributed by atoms with Crippen LogP contribution in [0.2, 0.25) is 0 Å². The number of aromatic nitrogens is 3. The van der Waals surface area contributed by atoms with Crippen LogP contribution in [0.1, 0.15) is 90.8 Å². The van der Waals surface area contributed by atoms with Crippen molar-refractivity contribution in [3.8, 4) is 0 Å². The summed E-state index contributed by atoms with van der Waals surface area (Å²) in [6, 6.07) is -1.16. The van der Waals surface area contributed by atoms with Gasteiger partial charge in [0.25, 0.3) is 0 Å². The van der Waals surface area contributed by atoms with Crippen molar-refractivity contribution in [2.75, 3.05) is 6.54 Å². The van der Waals surface area contributed by atoms with E-state index in [9.17, 15) is 14.7 Å². The first kappa shape index (κ1) is 26.0. The summed E-state index contributed by atoms with van der Waals surface area (Å²) in [5, 5.41) is 21.9. The molecule has 4 atom stereocenters. The average molecular weight is 450 g/mol. The zero-order chi connectivity index (χ0) is 24.1. The molecular formula is C23H39N5O4. The first-order valence-electron chi connectivity index (χ1n) is 11.6. The topological polar surface area (TPSA) is 117 Å². The second-order valence-electron chi connectivity index (χ2n) is 9.96. The smallest absolute Gasteiger partial charge is 0.248 e. The van der Waals surface area contributed by atoms with Crippen molar-refractivity contribution in [1.29, 1.82) is 0 Å². The Morgan fingerprint density at radius 2 is 1.94 bits per heavy atom. The van der Waals surface area contributed by atoms with E-state index in [4.69, 9.17) is 4.79 Å². The van der Waals surface area contributed by atoms with Gasteiger partial charge in [0.05, 0.1) is 11.8 Å². The molecule has 0 spiro atoms. The summed E-state index contributed by atoms with van der Waals surface area (Å²) in [7, 11) is 0. The highest BCUT2D eigenvalue weighted by Crippen LogP contribution is 2.40. The van der Waals surface area contributed by atoms with Crippen LogP contribution in [0.5, 0.6) is 0 Å². The summed E-state index contributed by atoms with van der Waals surface area (Å²) in [4.78, 5) is 36.2. The lowest BCUT2D eigenvalue weighted by Crippen LogP contribution is -2.52. The average Bonchev–Trinajstić information content (AvgIpc) is 3.35. The molecule has 32 heavy (non-hydrogen) atoms. The van der Waals surface area contributed by atoms with Crippen LogP contribution in [-0.4, -0.2) is 68.3 Å². The number of hydrogen-bond donors (Lipinski definition) is 2. The number of aliphatic hydroxyl groups excluding tert-OH is 1. The van der Waals surface area contributed by atoms with Gasteiger partial charge >= 0.3 is 0 Å². The van der Waals surface area contributed by atoms with E-state index in [0.717, 1.165) is 37.8 Å². The van der Waals surface area contributed by atoms with Crippen molar-refractivity contribution in [3.05, 3.63) is 11.9 Å². The van der Waals surface area contributed by atoms with Gasteiger partial charge in [-0.1, -0.05) is 46.3 Å². The number of aliphatic hydroxyl groups is 1. The minimum atomic E-state index is -0.700. The molecule has 9 heteroatoms. The molecule has 4 unspecified atom stereocenters. The van der Waals surface area contributed by atoms with Gasteiger partial charge in [-0.2, -0.15) is 0 Å². The molecule has 3 rings (SSSR count). The van der Waals surface area contributed by atoms with E-state index >= 15 is 0 Å². The minimum Gasteiger partial charge on any atom is -0.391 e. The van der Waals surface area contributed by atoms with E-state index in [1.807, 2.05) is 40.7 Å². The highest BCUT2D eigenvalue weighted by molar-refractivity contribution is 5.90. The zero-order valence-corrected chi connectivity index (χ0v) is 20.1. The van der Waals surface area contributed by atoms with Crippen molar-refractivity contribution >= 4 is 18.6 Å². The van der Waals surface area contributed by atoms with Gasteiger partial charge in [-0.05, 0) is 31.1 Å². The molecule has 2 N–H and O–H groups in total. The van der Waals surface area contributed by atoms with Crippen LogP contribution in [0, 0.1) is 5.41 Å². The fraction of sp³-hybridized carbons (Fsp3) is 0.783. The van der Waals surface area contributed by atoms with Crippen molar-refractivity contribution in [3.63, 3.8) is 0 Å². The predicted octanol–water partition coefficient (Wildman–Crippen LogP) is 2.21. The molecule has 1 aromatic rings. The van der Waals surface area contributed by atoms with Crippen molar-refractivity contribution in [1.82, 2.24) is 25.2 Å². The lowest BCUT2D eigenvalue weighted by molar-refractivity contribution is -0.144. The number of nitrogens with one attached hydrogen (secondary N) is 1. The SMILES string of the molecule is C=O.CCCC(CC)NC(=O)C1CC(O)CN1C(=O)C(n1cc(C2CC2)nn1)C(C)(C)C. The number of β-amino-alcohol motifs (C(OH)–C–C–N with tert-alkyl or cyclic N) is 1. The van der Waals surface area contributed by atoms with Gasteiger partial charge in [0.15, 0.2) is 0 Å². The minimum absolute atomic E-state index is 0.0898.